The van der Waals surface area contributed by atoms with Gasteiger partial charge >= 0.3 is 0 Å². The lowest BCUT2D eigenvalue weighted by Gasteiger charge is -2.13. The number of benzene rings is 3. The zero-order valence-electron chi connectivity index (χ0n) is 15.1. The fourth-order valence-electron chi connectivity index (χ4n) is 2.66. The summed E-state index contributed by atoms with van der Waals surface area (Å²) in [5, 5.41) is 3.46. The Balaban J connectivity index is 1.65. The highest BCUT2D eigenvalue weighted by Gasteiger charge is 2.06. The van der Waals surface area contributed by atoms with Crippen molar-refractivity contribution in [3.8, 4) is 11.5 Å². The summed E-state index contributed by atoms with van der Waals surface area (Å²) in [6, 6.07) is 24.0. The number of hydrogen-bond acceptors (Lipinski definition) is 3. The molecule has 0 aliphatic heterocycles. The normalized spacial score (nSPS) is 11.9. The molecule has 0 radical (unpaired) electrons. The second kappa shape index (κ2) is 8.79. The van der Waals surface area contributed by atoms with Crippen molar-refractivity contribution in [3.63, 3.8) is 0 Å². The van der Waals surface area contributed by atoms with Gasteiger partial charge in [0.1, 0.15) is 11.5 Å². The van der Waals surface area contributed by atoms with Gasteiger partial charge in [-0.2, -0.15) is 0 Å². The van der Waals surface area contributed by atoms with Gasteiger partial charge in [0.05, 0.1) is 0 Å². The number of nitrogens with one attached hydrogen (secondary N) is 1. The first-order chi connectivity index (χ1) is 12.6. The molecule has 0 aliphatic rings. The van der Waals surface area contributed by atoms with Gasteiger partial charge in [-0.15, -0.1) is 0 Å². The molecule has 1 unspecified atom stereocenters. The molecule has 0 fully saturated rings. The van der Waals surface area contributed by atoms with Crippen LogP contribution in [0.5, 0.6) is 11.5 Å². The first-order valence-corrected chi connectivity index (χ1v) is 10.1. The van der Waals surface area contributed by atoms with Crippen molar-refractivity contribution in [3.05, 3.63) is 89.5 Å². The Hall–Kier alpha value is -2.43. The molecule has 3 nitrogen and oxygen atoms in total. The predicted molar refractivity (Wildman–Crippen MR) is 107 cm³/mol. The lowest BCUT2D eigenvalue weighted by Crippen LogP contribution is -2.13. The van der Waals surface area contributed by atoms with Crippen LogP contribution in [-0.4, -0.2) is 10.5 Å². The molecule has 0 aliphatic carbocycles. The lowest BCUT2D eigenvalue weighted by molar-refractivity contribution is 0.472. The van der Waals surface area contributed by atoms with E-state index in [1.54, 1.807) is 6.26 Å². The van der Waals surface area contributed by atoms with E-state index < -0.39 is 10.8 Å². The SMILES string of the molecule is Cc1ccc(CNCc2ccc(S(C)=O)cc2)c(Oc2ccccc2)c1. The molecule has 0 spiro atoms. The van der Waals surface area contributed by atoms with Gasteiger partial charge < -0.3 is 10.1 Å². The summed E-state index contributed by atoms with van der Waals surface area (Å²) in [7, 11) is -0.935. The van der Waals surface area contributed by atoms with Crippen LogP contribution in [-0.2, 0) is 23.9 Å². The number of ether oxygens (including phenoxy) is 1. The van der Waals surface area contributed by atoms with E-state index in [1.165, 1.54) is 5.56 Å². The van der Waals surface area contributed by atoms with Crippen LogP contribution in [0, 0.1) is 6.92 Å². The maximum absolute atomic E-state index is 11.5. The van der Waals surface area contributed by atoms with E-state index in [1.807, 2.05) is 54.6 Å². The molecule has 4 heteroatoms. The Morgan fingerprint density at radius 1 is 0.923 bits per heavy atom. The lowest BCUT2D eigenvalue weighted by atomic mass is 10.1. The van der Waals surface area contributed by atoms with Gasteiger partial charge in [-0.1, -0.05) is 42.5 Å². The Kier molecular flexibility index (Phi) is 6.21. The average molecular weight is 365 g/mol. The van der Waals surface area contributed by atoms with Crippen LogP contribution in [0.4, 0.5) is 0 Å². The maximum atomic E-state index is 11.5. The van der Waals surface area contributed by atoms with Gasteiger partial charge in [0, 0.05) is 40.6 Å². The number of aryl methyl sites for hydroxylation is 1. The molecule has 3 aromatic rings. The van der Waals surface area contributed by atoms with E-state index in [4.69, 9.17) is 4.74 Å². The number of hydrogen-bond donors (Lipinski definition) is 1. The summed E-state index contributed by atoms with van der Waals surface area (Å²) in [4.78, 5) is 0.853. The van der Waals surface area contributed by atoms with E-state index >= 15 is 0 Å². The molecule has 0 bridgehead atoms. The van der Waals surface area contributed by atoms with E-state index in [9.17, 15) is 4.21 Å². The van der Waals surface area contributed by atoms with Crippen molar-refractivity contribution in [2.45, 2.75) is 24.9 Å². The standard InChI is InChI=1S/C22H23NO2S/c1-17-8-11-19(22(14-17)25-20-6-4-3-5-7-20)16-23-15-18-9-12-21(13-10-18)26(2)24/h3-14,23H,15-16H2,1-2H3. The van der Waals surface area contributed by atoms with Crippen LogP contribution < -0.4 is 10.1 Å². The number of para-hydroxylation sites is 1. The summed E-state index contributed by atoms with van der Waals surface area (Å²) < 4.78 is 17.5. The molecule has 0 saturated carbocycles. The van der Waals surface area contributed by atoms with Gasteiger partial charge in [0.25, 0.3) is 0 Å². The van der Waals surface area contributed by atoms with Crippen LogP contribution in [0.15, 0.2) is 77.7 Å². The van der Waals surface area contributed by atoms with Gasteiger partial charge in [0.2, 0.25) is 0 Å². The summed E-state index contributed by atoms with van der Waals surface area (Å²) in [5.41, 5.74) is 3.45. The molecule has 1 atom stereocenters. The van der Waals surface area contributed by atoms with Gasteiger partial charge in [0.15, 0.2) is 0 Å². The molecule has 3 rings (SSSR count). The molecular formula is C22H23NO2S. The van der Waals surface area contributed by atoms with Gasteiger partial charge in [-0.05, 0) is 48.4 Å². The van der Waals surface area contributed by atoms with Crippen LogP contribution in [0.25, 0.3) is 0 Å². The van der Waals surface area contributed by atoms with Crippen molar-refractivity contribution < 1.29 is 8.95 Å². The fraction of sp³-hybridized carbons (Fsp3) is 0.182. The third-order valence-electron chi connectivity index (χ3n) is 4.09. The van der Waals surface area contributed by atoms with E-state index in [-0.39, 0.29) is 0 Å². The molecule has 0 saturated heterocycles. The first-order valence-electron chi connectivity index (χ1n) is 8.57. The highest BCUT2D eigenvalue weighted by molar-refractivity contribution is 7.84. The second-order valence-corrected chi connectivity index (χ2v) is 7.61. The molecular weight excluding hydrogens is 342 g/mol. The third-order valence-corrected chi connectivity index (χ3v) is 5.03. The minimum atomic E-state index is -0.935. The zero-order valence-corrected chi connectivity index (χ0v) is 15.9. The fourth-order valence-corrected chi connectivity index (χ4v) is 3.18. The molecule has 0 amide bonds. The Bertz CT molecular complexity index is 876. The van der Waals surface area contributed by atoms with Crippen molar-refractivity contribution in [1.82, 2.24) is 5.32 Å². The smallest absolute Gasteiger partial charge is 0.132 e. The highest BCUT2D eigenvalue weighted by atomic mass is 32.2. The van der Waals surface area contributed by atoms with Crippen LogP contribution in [0.3, 0.4) is 0 Å². The largest absolute Gasteiger partial charge is 0.457 e. The van der Waals surface area contributed by atoms with Crippen molar-refractivity contribution in [1.29, 1.82) is 0 Å². The van der Waals surface area contributed by atoms with E-state index in [0.717, 1.165) is 34.1 Å². The topological polar surface area (TPSA) is 38.3 Å². The third kappa shape index (κ3) is 5.04. The quantitative estimate of drug-likeness (QED) is 0.653. The Morgan fingerprint density at radius 3 is 2.35 bits per heavy atom. The van der Waals surface area contributed by atoms with Crippen molar-refractivity contribution in [2.24, 2.45) is 0 Å². The van der Waals surface area contributed by atoms with E-state index in [2.05, 4.69) is 30.4 Å². The molecule has 3 aromatic carbocycles. The highest BCUT2D eigenvalue weighted by Crippen LogP contribution is 2.26. The molecule has 0 heterocycles. The van der Waals surface area contributed by atoms with Crippen LogP contribution >= 0.6 is 0 Å². The monoisotopic (exact) mass is 365 g/mol. The van der Waals surface area contributed by atoms with Gasteiger partial charge in [-0.3, -0.25) is 4.21 Å². The van der Waals surface area contributed by atoms with Crippen molar-refractivity contribution >= 4 is 10.8 Å². The first kappa shape index (κ1) is 18.4. The molecule has 26 heavy (non-hydrogen) atoms. The minimum absolute atomic E-state index is 0.712. The summed E-state index contributed by atoms with van der Waals surface area (Å²) in [5.74, 6) is 1.71. The van der Waals surface area contributed by atoms with E-state index in [0.29, 0.717) is 6.54 Å². The molecule has 1 N–H and O–H groups in total. The Labute approximate surface area is 157 Å². The molecule has 0 aromatic heterocycles. The predicted octanol–water partition coefficient (Wildman–Crippen LogP) is 4.81. The van der Waals surface area contributed by atoms with Crippen LogP contribution in [0.1, 0.15) is 16.7 Å². The number of rotatable bonds is 7. The summed E-state index contributed by atoms with van der Waals surface area (Å²) in [6.07, 6.45) is 1.69. The minimum Gasteiger partial charge on any atom is -0.457 e. The second-order valence-electron chi connectivity index (χ2n) is 6.23. The summed E-state index contributed by atoms with van der Waals surface area (Å²) >= 11 is 0. The Morgan fingerprint density at radius 2 is 1.65 bits per heavy atom. The maximum Gasteiger partial charge on any atom is 0.132 e. The summed E-state index contributed by atoms with van der Waals surface area (Å²) in [6.45, 7) is 3.52. The van der Waals surface area contributed by atoms with Gasteiger partial charge in [-0.25, -0.2) is 0 Å². The van der Waals surface area contributed by atoms with Crippen molar-refractivity contribution in [2.75, 3.05) is 6.26 Å². The average Bonchev–Trinajstić information content (AvgIpc) is 2.65. The zero-order chi connectivity index (χ0) is 18.4. The van der Waals surface area contributed by atoms with Crippen LogP contribution in [0.2, 0.25) is 0 Å². The molecule has 134 valence electrons.